The number of nitrogens with zero attached hydrogens (tertiary/aromatic N) is 3. The van der Waals surface area contributed by atoms with Crippen LogP contribution in [-0.2, 0) is 5.41 Å². The van der Waals surface area contributed by atoms with Gasteiger partial charge in [-0.2, -0.15) is 4.99 Å². The summed E-state index contributed by atoms with van der Waals surface area (Å²) in [5.41, 5.74) is 16.7. The smallest absolute Gasteiger partial charge is 0.211 e. The van der Waals surface area contributed by atoms with Crippen molar-refractivity contribution in [3.05, 3.63) is 192 Å². The van der Waals surface area contributed by atoms with E-state index in [-0.39, 0.29) is 11.6 Å². The van der Waals surface area contributed by atoms with Gasteiger partial charge in [0.1, 0.15) is 17.3 Å². The summed E-state index contributed by atoms with van der Waals surface area (Å²) in [4.78, 5) is 10.8. The molecule has 5 nitrogen and oxygen atoms in total. The first-order valence-electron chi connectivity index (χ1n) is 22.3. The summed E-state index contributed by atoms with van der Waals surface area (Å²) >= 11 is 0. The number of fused-ring (bicyclic) bond motifs is 11. The van der Waals surface area contributed by atoms with Crippen LogP contribution >= 0.6 is 0 Å². The van der Waals surface area contributed by atoms with Crippen molar-refractivity contribution in [2.24, 2.45) is 9.98 Å². The number of allylic oxidation sites excluding steroid dienone is 3. The van der Waals surface area contributed by atoms with E-state index < -0.39 is 0 Å². The van der Waals surface area contributed by atoms with E-state index in [2.05, 4.69) is 180 Å². The number of para-hydroxylation sites is 1. The van der Waals surface area contributed by atoms with Gasteiger partial charge in [-0.15, -0.1) is 0 Å². The Morgan fingerprint density at radius 3 is 2.13 bits per heavy atom. The predicted octanol–water partition coefficient (Wildman–Crippen LogP) is 14.1. The fourth-order valence-electron chi connectivity index (χ4n) is 11.2. The highest BCUT2D eigenvalue weighted by Gasteiger charge is 2.44. The molecule has 0 saturated heterocycles. The third kappa shape index (κ3) is 5.47. The third-order valence-corrected chi connectivity index (χ3v) is 14.1. The fourth-order valence-corrected chi connectivity index (χ4v) is 11.2. The fraction of sp³-hybridized carbons (Fsp3) is 0.158. The number of amidine groups is 1. The molecule has 298 valence electrons. The molecule has 1 fully saturated rings. The Balaban J connectivity index is 0.949. The molecule has 1 unspecified atom stereocenters. The lowest BCUT2D eigenvalue weighted by molar-refractivity contribution is 0.353. The maximum absolute atomic E-state index is 6.70. The van der Waals surface area contributed by atoms with E-state index in [9.17, 15) is 0 Å². The topological polar surface area (TPSA) is 54.8 Å². The van der Waals surface area contributed by atoms with Crippen molar-refractivity contribution >= 4 is 55.5 Å². The number of hydrogen-bond donors (Lipinski definition) is 1. The lowest BCUT2D eigenvalue weighted by Gasteiger charge is -2.36. The molecule has 0 amide bonds. The molecule has 9 aromatic rings. The van der Waals surface area contributed by atoms with Crippen LogP contribution in [0, 0.1) is 0 Å². The minimum Gasteiger partial charge on any atom is -0.456 e. The van der Waals surface area contributed by atoms with Gasteiger partial charge >= 0.3 is 0 Å². The molecule has 7 aromatic carbocycles. The van der Waals surface area contributed by atoms with E-state index in [1.165, 1.54) is 87.3 Å². The Bertz CT molecular complexity index is 3420. The summed E-state index contributed by atoms with van der Waals surface area (Å²) in [6.07, 6.45) is 14.5. The zero-order valence-electron chi connectivity index (χ0n) is 34.4. The molecule has 1 atom stereocenters. The van der Waals surface area contributed by atoms with Crippen LogP contribution in [0.2, 0.25) is 0 Å². The molecule has 1 spiro atoms. The van der Waals surface area contributed by atoms with Gasteiger partial charge in [0.2, 0.25) is 5.96 Å². The Morgan fingerprint density at radius 1 is 0.565 bits per heavy atom. The second-order valence-corrected chi connectivity index (χ2v) is 17.6. The molecule has 5 heteroatoms. The van der Waals surface area contributed by atoms with Gasteiger partial charge in [0.05, 0.1) is 11.0 Å². The summed E-state index contributed by atoms with van der Waals surface area (Å²) in [5, 5.41) is 8.52. The van der Waals surface area contributed by atoms with Crippen LogP contribution in [0.15, 0.2) is 190 Å². The number of hydrogen-bond acceptors (Lipinski definition) is 4. The first-order chi connectivity index (χ1) is 30.7. The number of nitrogens with one attached hydrogen (secondary N) is 1. The quantitative estimate of drug-likeness (QED) is 0.193. The standard InChI is InChI=1S/C57H44N4O/c1-4-15-36(16-5-1)38-19-14-20-39(31-38)40-25-27-44-45-28-26-41(33-53(45)62-52(44)32-40)55-58-54(37-17-6-2-7-18-37)59-56(60-55)61-50-24-11-9-22-43(50)47-34-46-42-21-8-10-23-48(42)57(29-12-3-13-30-57)49(46)35-51(47)61/h1-2,4-6,8-11,14-17,19-28,31-35,54H,3,7,12-13,18,29-30H2,(H,58,59,60). The molecule has 0 radical (unpaired) electrons. The summed E-state index contributed by atoms with van der Waals surface area (Å²) in [6, 6.07) is 55.3. The molecule has 62 heavy (non-hydrogen) atoms. The van der Waals surface area contributed by atoms with Crippen LogP contribution in [0.25, 0.3) is 77.1 Å². The van der Waals surface area contributed by atoms with Crippen molar-refractivity contribution in [1.82, 2.24) is 9.88 Å². The van der Waals surface area contributed by atoms with Gasteiger partial charge in [-0.25, -0.2) is 4.99 Å². The third-order valence-electron chi connectivity index (χ3n) is 14.1. The SMILES string of the molecule is C1=CCCC(C2N=C(c3ccc4c(c3)oc3cc(-c5cccc(-c6ccccc6)c5)ccc34)N=C(n3c4ccccc4c4cc5c(cc43)C3(CCCCC3)c3ccccc3-5)N2)=C1. The summed E-state index contributed by atoms with van der Waals surface area (Å²) < 4.78 is 9.07. The molecule has 4 aliphatic rings. The summed E-state index contributed by atoms with van der Waals surface area (Å²) in [7, 11) is 0. The zero-order chi connectivity index (χ0) is 40.8. The van der Waals surface area contributed by atoms with E-state index in [1.807, 2.05) is 0 Å². The van der Waals surface area contributed by atoms with Crippen LogP contribution in [-0.4, -0.2) is 22.5 Å². The Labute approximate surface area is 360 Å². The maximum atomic E-state index is 6.70. The molecule has 1 saturated carbocycles. The van der Waals surface area contributed by atoms with Gasteiger partial charge in [-0.05, 0) is 124 Å². The minimum atomic E-state index is -0.261. The number of aromatic nitrogens is 1. The highest BCUT2D eigenvalue weighted by Crippen LogP contribution is 2.57. The van der Waals surface area contributed by atoms with Crippen LogP contribution in [0.4, 0.5) is 0 Å². The first kappa shape index (κ1) is 35.5. The average molecular weight is 801 g/mol. The van der Waals surface area contributed by atoms with Gasteiger partial charge in [-0.1, -0.05) is 141 Å². The van der Waals surface area contributed by atoms with Gasteiger partial charge in [0, 0.05) is 32.5 Å². The predicted molar refractivity (Wildman–Crippen MR) is 256 cm³/mol. The van der Waals surface area contributed by atoms with Crippen LogP contribution in [0.1, 0.15) is 61.6 Å². The van der Waals surface area contributed by atoms with Crippen molar-refractivity contribution in [2.75, 3.05) is 0 Å². The monoisotopic (exact) mass is 800 g/mol. The number of rotatable bonds is 4. The van der Waals surface area contributed by atoms with Crippen LogP contribution < -0.4 is 5.32 Å². The molecular formula is C57H44N4O. The first-order valence-corrected chi connectivity index (χ1v) is 22.3. The van der Waals surface area contributed by atoms with Gasteiger partial charge in [-0.3, -0.25) is 4.57 Å². The van der Waals surface area contributed by atoms with E-state index in [4.69, 9.17) is 14.4 Å². The van der Waals surface area contributed by atoms with Crippen molar-refractivity contribution in [1.29, 1.82) is 0 Å². The normalized spacial score (nSPS) is 17.9. The lowest BCUT2D eigenvalue weighted by atomic mass is 9.68. The van der Waals surface area contributed by atoms with E-state index >= 15 is 0 Å². The molecule has 13 rings (SSSR count). The van der Waals surface area contributed by atoms with E-state index in [0.29, 0.717) is 5.84 Å². The molecule has 0 bridgehead atoms. The van der Waals surface area contributed by atoms with Crippen LogP contribution in [0.3, 0.4) is 0 Å². The molecule has 3 heterocycles. The van der Waals surface area contributed by atoms with Crippen molar-refractivity contribution < 1.29 is 4.42 Å². The van der Waals surface area contributed by atoms with Crippen molar-refractivity contribution in [2.45, 2.75) is 56.5 Å². The maximum Gasteiger partial charge on any atom is 0.211 e. The number of benzene rings is 7. The molecule has 3 aliphatic carbocycles. The summed E-state index contributed by atoms with van der Waals surface area (Å²) in [5.74, 6) is 1.49. The zero-order valence-corrected chi connectivity index (χ0v) is 34.4. The second kappa shape index (κ2) is 13.9. The van der Waals surface area contributed by atoms with E-state index in [0.717, 1.165) is 62.9 Å². The number of furan rings is 1. The largest absolute Gasteiger partial charge is 0.456 e. The second-order valence-electron chi connectivity index (χ2n) is 17.6. The molecular weight excluding hydrogens is 757 g/mol. The Hall–Kier alpha value is -7.24. The highest BCUT2D eigenvalue weighted by atomic mass is 16.3. The Kier molecular flexibility index (Phi) is 7.96. The van der Waals surface area contributed by atoms with E-state index in [1.54, 1.807) is 0 Å². The van der Waals surface area contributed by atoms with Gasteiger partial charge < -0.3 is 9.73 Å². The van der Waals surface area contributed by atoms with Crippen molar-refractivity contribution in [3.63, 3.8) is 0 Å². The molecule has 1 aliphatic heterocycles. The highest BCUT2D eigenvalue weighted by molar-refractivity contribution is 6.19. The average Bonchev–Trinajstić information content (AvgIpc) is 3.96. The Morgan fingerprint density at radius 2 is 1.29 bits per heavy atom. The van der Waals surface area contributed by atoms with Gasteiger partial charge in [0.25, 0.3) is 0 Å². The van der Waals surface area contributed by atoms with Crippen molar-refractivity contribution in [3.8, 4) is 33.4 Å². The van der Waals surface area contributed by atoms with Crippen LogP contribution in [0.5, 0.6) is 0 Å². The molecule has 2 aromatic heterocycles. The summed E-state index contributed by atoms with van der Waals surface area (Å²) in [6.45, 7) is 0. The lowest BCUT2D eigenvalue weighted by Crippen LogP contribution is -2.43. The molecule has 1 N–H and O–H groups in total. The number of aliphatic imine (C=N–C) groups is 2. The van der Waals surface area contributed by atoms with Gasteiger partial charge in [0.15, 0.2) is 5.84 Å². The minimum absolute atomic E-state index is 0.0464.